The maximum absolute atomic E-state index is 13.5. The molecule has 170 valence electrons. The zero-order valence-corrected chi connectivity index (χ0v) is 19.7. The van der Waals surface area contributed by atoms with E-state index >= 15 is 0 Å². The number of alkyl halides is 1. The zero-order chi connectivity index (χ0) is 22.3. The molecule has 0 saturated carbocycles. The molecule has 2 N–H and O–H groups in total. The number of nitrogens with zero attached hydrogens (tertiary/aromatic N) is 1. The number of esters is 1. The van der Waals surface area contributed by atoms with Gasteiger partial charge in [-0.15, -0.1) is 0 Å². The molecule has 9 heteroatoms. The van der Waals surface area contributed by atoms with E-state index in [2.05, 4.69) is 21.2 Å². The molecule has 3 saturated heterocycles. The van der Waals surface area contributed by atoms with Crippen molar-refractivity contribution < 1.29 is 29.0 Å². The topological polar surface area (TPSA) is 105 Å². The van der Waals surface area contributed by atoms with Gasteiger partial charge in [-0.25, -0.2) is 0 Å². The van der Waals surface area contributed by atoms with Gasteiger partial charge in [0.1, 0.15) is 11.6 Å². The lowest BCUT2D eigenvalue weighted by molar-refractivity contribution is -0.154. The van der Waals surface area contributed by atoms with Gasteiger partial charge in [0.2, 0.25) is 11.8 Å². The Morgan fingerprint density at radius 1 is 1.33 bits per heavy atom. The van der Waals surface area contributed by atoms with E-state index in [0.29, 0.717) is 25.8 Å². The fourth-order valence-corrected chi connectivity index (χ4v) is 6.13. The first-order valence-corrected chi connectivity index (χ1v) is 11.7. The molecule has 1 spiro atoms. The maximum Gasteiger partial charge on any atom is 0.312 e. The number of amides is 2. The minimum absolute atomic E-state index is 0.0927. The van der Waals surface area contributed by atoms with Crippen LogP contribution >= 0.6 is 15.9 Å². The molecule has 3 heterocycles. The highest BCUT2D eigenvalue weighted by molar-refractivity contribution is 9.09. The normalized spacial score (nSPS) is 34.9. The minimum atomic E-state index is -1.04. The number of carbonyl (C=O) groups excluding carboxylic acids is 3. The van der Waals surface area contributed by atoms with Crippen LogP contribution in [0.5, 0.6) is 0 Å². The number of hydrogen-bond acceptors (Lipinski definition) is 6. The number of rotatable bonds is 8. The molecule has 0 aromatic carbocycles. The van der Waals surface area contributed by atoms with E-state index in [4.69, 9.17) is 14.6 Å². The summed E-state index contributed by atoms with van der Waals surface area (Å²) >= 11 is 3.62. The number of aliphatic hydroxyl groups excluding tert-OH is 1. The summed E-state index contributed by atoms with van der Waals surface area (Å²) in [5.74, 6) is -2.35. The van der Waals surface area contributed by atoms with Crippen molar-refractivity contribution in [3.05, 3.63) is 0 Å². The van der Waals surface area contributed by atoms with Crippen LogP contribution in [0, 0.1) is 11.8 Å². The van der Waals surface area contributed by atoms with Crippen LogP contribution in [-0.2, 0) is 23.9 Å². The molecule has 2 amide bonds. The van der Waals surface area contributed by atoms with Crippen molar-refractivity contribution in [3.63, 3.8) is 0 Å². The van der Waals surface area contributed by atoms with Crippen LogP contribution in [0.15, 0.2) is 0 Å². The van der Waals surface area contributed by atoms with Gasteiger partial charge in [0, 0.05) is 23.5 Å². The molecule has 0 aliphatic carbocycles. The zero-order valence-electron chi connectivity index (χ0n) is 18.2. The Bertz CT molecular complexity index is 695. The fraction of sp³-hybridized carbons (Fsp3) is 0.857. The predicted octanol–water partition coefficient (Wildman–Crippen LogP) is 1.37. The van der Waals surface area contributed by atoms with Gasteiger partial charge in [-0.3, -0.25) is 14.4 Å². The van der Waals surface area contributed by atoms with Crippen LogP contribution < -0.4 is 5.32 Å². The van der Waals surface area contributed by atoms with Gasteiger partial charge in [-0.1, -0.05) is 15.9 Å². The van der Waals surface area contributed by atoms with Crippen LogP contribution in [0.3, 0.4) is 0 Å². The van der Waals surface area contributed by atoms with E-state index in [1.807, 2.05) is 20.8 Å². The standard InChI is InChI=1S/C21H33BrN2O6/c1-5-29-19(28)13-14-18(27)24(9-7-6-8-10-25)16(17(26)23-20(2,3)4)21(14)11-12(22)15(13)30-21/h12-16,25H,5-11H2,1-4H3,(H,23,26)/t12?,13-,14-,15-,16?,21?/m0/s1. The molecule has 0 aromatic heterocycles. The maximum atomic E-state index is 13.5. The first kappa shape index (κ1) is 23.5. The summed E-state index contributed by atoms with van der Waals surface area (Å²) in [4.78, 5) is 41.1. The number of aliphatic hydroxyl groups is 1. The number of carbonyl (C=O) groups is 3. The number of unbranched alkanes of at least 4 members (excludes halogenated alkanes) is 2. The van der Waals surface area contributed by atoms with Crippen LogP contribution in [0.2, 0.25) is 0 Å². The van der Waals surface area contributed by atoms with E-state index < -0.39 is 41.1 Å². The molecular weight excluding hydrogens is 456 g/mol. The molecule has 3 unspecified atom stereocenters. The van der Waals surface area contributed by atoms with Crippen molar-refractivity contribution in [1.82, 2.24) is 10.2 Å². The Morgan fingerprint density at radius 2 is 2.03 bits per heavy atom. The van der Waals surface area contributed by atoms with E-state index in [9.17, 15) is 14.4 Å². The predicted molar refractivity (Wildman–Crippen MR) is 113 cm³/mol. The fourth-order valence-electron chi connectivity index (χ4n) is 5.19. The highest BCUT2D eigenvalue weighted by atomic mass is 79.9. The molecule has 3 rings (SSSR count). The average molecular weight is 489 g/mol. The molecular formula is C21H33BrN2O6. The van der Waals surface area contributed by atoms with Crippen molar-refractivity contribution in [1.29, 1.82) is 0 Å². The van der Waals surface area contributed by atoms with E-state index in [0.717, 1.165) is 6.42 Å². The van der Waals surface area contributed by atoms with Gasteiger partial charge >= 0.3 is 5.97 Å². The molecule has 3 aliphatic rings. The number of fused-ring (bicyclic) bond motifs is 1. The Kier molecular flexibility index (Phi) is 6.84. The minimum Gasteiger partial charge on any atom is -0.466 e. The molecule has 6 atom stereocenters. The van der Waals surface area contributed by atoms with Crippen LogP contribution in [0.1, 0.15) is 53.4 Å². The summed E-state index contributed by atoms with van der Waals surface area (Å²) in [6.45, 7) is 8.11. The summed E-state index contributed by atoms with van der Waals surface area (Å²) in [6, 6.07) is -0.798. The average Bonchev–Trinajstić information content (AvgIpc) is 3.21. The third-order valence-electron chi connectivity index (χ3n) is 6.15. The van der Waals surface area contributed by atoms with Crippen LogP contribution in [-0.4, -0.2) is 75.7 Å². The Morgan fingerprint density at radius 3 is 2.63 bits per heavy atom. The van der Waals surface area contributed by atoms with E-state index in [1.54, 1.807) is 11.8 Å². The molecule has 8 nitrogen and oxygen atoms in total. The van der Waals surface area contributed by atoms with Gasteiger partial charge in [0.25, 0.3) is 0 Å². The second kappa shape index (κ2) is 8.74. The van der Waals surface area contributed by atoms with Crippen LogP contribution in [0.4, 0.5) is 0 Å². The quantitative estimate of drug-likeness (QED) is 0.303. The van der Waals surface area contributed by atoms with Crippen LogP contribution in [0.25, 0.3) is 0 Å². The molecule has 30 heavy (non-hydrogen) atoms. The van der Waals surface area contributed by atoms with Crippen molar-refractivity contribution in [3.8, 4) is 0 Å². The highest BCUT2D eigenvalue weighted by Gasteiger charge is 2.76. The Hall–Kier alpha value is -1.19. The number of halogens is 1. The smallest absolute Gasteiger partial charge is 0.312 e. The number of hydrogen-bond donors (Lipinski definition) is 2. The van der Waals surface area contributed by atoms with Crippen molar-refractivity contribution in [2.45, 2.75) is 81.5 Å². The lowest BCUT2D eigenvalue weighted by Gasteiger charge is -2.35. The second-order valence-electron chi connectivity index (χ2n) is 9.47. The van der Waals surface area contributed by atoms with Gasteiger partial charge in [-0.05, 0) is 53.4 Å². The van der Waals surface area contributed by atoms with Crippen molar-refractivity contribution >= 4 is 33.7 Å². The monoisotopic (exact) mass is 488 g/mol. The molecule has 3 fully saturated rings. The first-order valence-electron chi connectivity index (χ1n) is 10.8. The van der Waals surface area contributed by atoms with E-state index in [-0.39, 0.29) is 29.9 Å². The first-order chi connectivity index (χ1) is 14.1. The summed E-state index contributed by atoms with van der Waals surface area (Å²) < 4.78 is 11.6. The SMILES string of the molecule is CCOC(=O)[C@H]1[C@H]2C(=O)N(CCCCCO)C(C(=O)NC(C)(C)C)C23CC(Br)[C@@H]1O3. The summed E-state index contributed by atoms with van der Waals surface area (Å²) in [7, 11) is 0. The summed E-state index contributed by atoms with van der Waals surface area (Å²) in [6.07, 6.45) is 2.05. The number of nitrogens with one attached hydrogen (secondary N) is 1. The lowest BCUT2D eigenvalue weighted by atomic mass is 9.70. The van der Waals surface area contributed by atoms with Gasteiger partial charge in [0.15, 0.2) is 0 Å². The number of likely N-dealkylation sites (tertiary alicyclic amines) is 1. The van der Waals surface area contributed by atoms with Gasteiger partial charge in [0.05, 0.1) is 24.5 Å². The molecule has 0 aromatic rings. The third-order valence-corrected chi connectivity index (χ3v) is 7.00. The lowest BCUT2D eigenvalue weighted by Crippen LogP contribution is -2.58. The van der Waals surface area contributed by atoms with Gasteiger partial charge in [-0.2, -0.15) is 0 Å². The highest BCUT2D eigenvalue weighted by Crippen LogP contribution is 2.60. The molecule has 3 aliphatic heterocycles. The Labute approximate surface area is 186 Å². The van der Waals surface area contributed by atoms with Gasteiger partial charge < -0.3 is 24.8 Å². The Balaban J connectivity index is 1.95. The molecule has 2 bridgehead atoms. The second-order valence-corrected chi connectivity index (χ2v) is 10.6. The third kappa shape index (κ3) is 4.00. The molecule has 0 radical (unpaired) electrons. The summed E-state index contributed by atoms with van der Waals surface area (Å²) in [5, 5.41) is 12.1. The van der Waals surface area contributed by atoms with Crippen molar-refractivity contribution in [2.24, 2.45) is 11.8 Å². The summed E-state index contributed by atoms with van der Waals surface area (Å²) in [5.41, 5.74) is -1.51. The van der Waals surface area contributed by atoms with Crippen molar-refractivity contribution in [2.75, 3.05) is 19.8 Å². The van der Waals surface area contributed by atoms with E-state index in [1.165, 1.54) is 0 Å². The number of ether oxygens (including phenoxy) is 2. The largest absolute Gasteiger partial charge is 0.466 e.